The van der Waals surface area contributed by atoms with Crippen molar-refractivity contribution < 1.29 is 4.79 Å². The SMILES string of the molecule is O=C1C=C(N2CCCc3ccccc3C2)CC1. The van der Waals surface area contributed by atoms with Gasteiger partial charge in [0.05, 0.1) is 0 Å². The first-order valence-corrected chi connectivity index (χ1v) is 6.38. The summed E-state index contributed by atoms with van der Waals surface area (Å²) in [6.45, 7) is 2.04. The highest BCUT2D eigenvalue weighted by Crippen LogP contribution is 2.25. The lowest BCUT2D eigenvalue weighted by Crippen LogP contribution is -2.21. The van der Waals surface area contributed by atoms with Crippen LogP contribution in [0.3, 0.4) is 0 Å². The topological polar surface area (TPSA) is 20.3 Å². The Bertz CT molecular complexity index is 476. The molecule has 0 saturated carbocycles. The van der Waals surface area contributed by atoms with Crippen LogP contribution in [-0.2, 0) is 17.8 Å². The van der Waals surface area contributed by atoms with Crippen molar-refractivity contribution in [3.8, 4) is 0 Å². The first-order chi connectivity index (χ1) is 8.33. The van der Waals surface area contributed by atoms with Crippen LogP contribution in [0.25, 0.3) is 0 Å². The lowest BCUT2D eigenvalue weighted by molar-refractivity contribution is -0.114. The lowest BCUT2D eigenvalue weighted by Gasteiger charge is -2.24. The Balaban J connectivity index is 1.85. The minimum Gasteiger partial charge on any atom is -0.370 e. The molecule has 1 aliphatic heterocycles. The number of allylic oxidation sites excluding steroid dienone is 2. The van der Waals surface area contributed by atoms with Gasteiger partial charge in [0.2, 0.25) is 0 Å². The van der Waals surface area contributed by atoms with Gasteiger partial charge in [-0.3, -0.25) is 4.79 Å². The molecule has 0 fully saturated rings. The predicted molar refractivity (Wildman–Crippen MR) is 67.5 cm³/mol. The van der Waals surface area contributed by atoms with E-state index in [9.17, 15) is 4.79 Å². The molecule has 1 aromatic rings. The smallest absolute Gasteiger partial charge is 0.157 e. The van der Waals surface area contributed by atoms with E-state index in [1.165, 1.54) is 23.2 Å². The second-order valence-electron chi connectivity index (χ2n) is 4.90. The van der Waals surface area contributed by atoms with Crippen molar-refractivity contribution in [1.82, 2.24) is 4.90 Å². The van der Waals surface area contributed by atoms with Crippen LogP contribution < -0.4 is 0 Å². The summed E-state index contributed by atoms with van der Waals surface area (Å²) >= 11 is 0. The second kappa shape index (κ2) is 4.36. The Morgan fingerprint density at radius 2 is 1.82 bits per heavy atom. The van der Waals surface area contributed by atoms with E-state index < -0.39 is 0 Å². The van der Waals surface area contributed by atoms with E-state index in [-0.39, 0.29) is 5.78 Å². The highest BCUT2D eigenvalue weighted by Gasteiger charge is 2.20. The predicted octanol–water partition coefficient (Wildman–Crippen LogP) is 2.68. The molecular weight excluding hydrogens is 210 g/mol. The molecule has 88 valence electrons. The van der Waals surface area contributed by atoms with Crippen LogP contribution in [0, 0.1) is 0 Å². The fourth-order valence-corrected chi connectivity index (χ4v) is 2.78. The largest absolute Gasteiger partial charge is 0.370 e. The van der Waals surface area contributed by atoms with Gasteiger partial charge in [0.25, 0.3) is 0 Å². The third-order valence-electron chi connectivity index (χ3n) is 3.72. The van der Waals surface area contributed by atoms with Crippen molar-refractivity contribution in [3.05, 3.63) is 47.2 Å². The van der Waals surface area contributed by atoms with Crippen LogP contribution in [0.1, 0.15) is 30.4 Å². The summed E-state index contributed by atoms with van der Waals surface area (Å²) in [5.74, 6) is 0.289. The Morgan fingerprint density at radius 1 is 1.00 bits per heavy atom. The molecule has 0 N–H and O–H groups in total. The molecule has 0 saturated heterocycles. The van der Waals surface area contributed by atoms with Crippen LogP contribution >= 0.6 is 0 Å². The molecule has 2 heteroatoms. The molecule has 2 aliphatic rings. The van der Waals surface area contributed by atoms with Crippen molar-refractivity contribution >= 4 is 5.78 Å². The van der Waals surface area contributed by atoms with E-state index in [4.69, 9.17) is 0 Å². The summed E-state index contributed by atoms with van der Waals surface area (Å²) in [6.07, 6.45) is 5.82. The summed E-state index contributed by atoms with van der Waals surface area (Å²) in [5.41, 5.74) is 4.14. The van der Waals surface area contributed by atoms with Crippen LogP contribution in [0.2, 0.25) is 0 Å². The first-order valence-electron chi connectivity index (χ1n) is 6.38. The standard InChI is InChI=1S/C15H17NO/c17-15-8-7-14(10-15)16-9-3-6-12-4-1-2-5-13(12)11-16/h1-2,4-5,10H,3,6-9,11H2. The summed E-state index contributed by atoms with van der Waals surface area (Å²) in [5, 5.41) is 0. The summed E-state index contributed by atoms with van der Waals surface area (Å²) in [4.78, 5) is 13.7. The maximum Gasteiger partial charge on any atom is 0.157 e. The number of ketones is 1. The number of fused-ring (bicyclic) bond motifs is 1. The van der Waals surface area contributed by atoms with Crippen molar-refractivity contribution in [1.29, 1.82) is 0 Å². The van der Waals surface area contributed by atoms with Gasteiger partial charge in [-0.05, 0) is 30.4 Å². The summed E-state index contributed by atoms with van der Waals surface area (Å²) in [7, 11) is 0. The van der Waals surface area contributed by atoms with E-state index in [1.54, 1.807) is 0 Å². The number of hydrogen-bond acceptors (Lipinski definition) is 2. The molecule has 1 aromatic carbocycles. The molecule has 2 nitrogen and oxygen atoms in total. The van der Waals surface area contributed by atoms with Gasteiger partial charge in [-0.2, -0.15) is 0 Å². The molecular formula is C15H17NO. The van der Waals surface area contributed by atoms with E-state index >= 15 is 0 Å². The van der Waals surface area contributed by atoms with Gasteiger partial charge in [-0.25, -0.2) is 0 Å². The Kier molecular flexibility index (Phi) is 2.71. The maximum atomic E-state index is 11.3. The number of rotatable bonds is 1. The third kappa shape index (κ3) is 2.12. The second-order valence-corrected chi connectivity index (χ2v) is 4.90. The minimum atomic E-state index is 0.289. The zero-order valence-corrected chi connectivity index (χ0v) is 9.98. The van der Waals surface area contributed by atoms with Crippen molar-refractivity contribution in [3.63, 3.8) is 0 Å². The number of carbonyl (C=O) groups excluding carboxylic acids is 1. The summed E-state index contributed by atoms with van der Waals surface area (Å²) in [6, 6.07) is 8.67. The Morgan fingerprint density at radius 3 is 2.59 bits per heavy atom. The zero-order chi connectivity index (χ0) is 11.7. The highest BCUT2D eigenvalue weighted by molar-refractivity contribution is 5.92. The maximum absolute atomic E-state index is 11.3. The average Bonchev–Trinajstić information content (AvgIpc) is 2.65. The number of nitrogens with zero attached hydrogens (tertiary/aromatic N) is 1. The number of benzene rings is 1. The van der Waals surface area contributed by atoms with Crippen LogP contribution in [0.4, 0.5) is 0 Å². The minimum absolute atomic E-state index is 0.289. The average molecular weight is 227 g/mol. The van der Waals surface area contributed by atoms with Gasteiger partial charge >= 0.3 is 0 Å². The summed E-state index contributed by atoms with van der Waals surface area (Å²) < 4.78 is 0. The zero-order valence-electron chi connectivity index (χ0n) is 9.98. The molecule has 0 atom stereocenters. The van der Waals surface area contributed by atoms with Crippen molar-refractivity contribution in [2.24, 2.45) is 0 Å². The number of carbonyl (C=O) groups is 1. The van der Waals surface area contributed by atoms with Gasteiger partial charge in [-0.1, -0.05) is 24.3 Å². The number of hydrogen-bond donors (Lipinski definition) is 0. The van der Waals surface area contributed by atoms with Crippen LogP contribution in [0.5, 0.6) is 0 Å². The van der Waals surface area contributed by atoms with E-state index in [1.807, 2.05) is 6.08 Å². The lowest BCUT2D eigenvalue weighted by atomic mass is 10.0. The van der Waals surface area contributed by atoms with Crippen molar-refractivity contribution in [2.45, 2.75) is 32.2 Å². The molecule has 1 aliphatic carbocycles. The van der Waals surface area contributed by atoms with Crippen LogP contribution in [0.15, 0.2) is 36.0 Å². The van der Waals surface area contributed by atoms with E-state index in [0.717, 1.165) is 25.9 Å². The van der Waals surface area contributed by atoms with Crippen molar-refractivity contribution in [2.75, 3.05) is 6.54 Å². The van der Waals surface area contributed by atoms with Gasteiger partial charge in [0, 0.05) is 31.3 Å². The fourth-order valence-electron chi connectivity index (χ4n) is 2.78. The van der Waals surface area contributed by atoms with Gasteiger partial charge in [-0.15, -0.1) is 0 Å². The monoisotopic (exact) mass is 227 g/mol. The number of aryl methyl sites for hydroxylation is 1. The molecule has 0 spiro atoms. The van der Waals surface area contributed by atoms with E-state index in [2.05, 4.69) is 29.2 Å². The van der Waals surface area contributed by atoms with Gasteiger partial charge < -0.3 is 4.90 Å². The molecule has 17 heavy (non-hydrogen) atoms. The quantitative estimate of drug-likeness (QED) is 0.735. The molecule has 1 heterocycles. The van der Waals surface area contributed by atoms with Crippen LogP contribution in [-0.4, -0.2) is 17.2 Å². The molecule has 0 amide bonds. The third-order valence-corrected chi connectivity index (χ3v) is 3.72. The normalized spacial score (nSPS) is 19.9. The Hall–Kier alpha value is -1.57. The molecule has 0 bridgehead atoms. The molecule has 0 unspecified atom stereocenters. The van der Waals surface area contributed by atoms with E-state index in [0.29, 0.717) is 6.42 Å². The first kappa shape index (κ1) is 10.6. The van der Waals surface area contributed by atoms with Gasteiger partial charge in [0.15, 0.2) is 5.78 Å². The van der Waals surface area contributed by atoms with Gasteiger partial charge in [0.1, 0.15) is 0 Å². The fraction of sp³-hybridized carbons (Fsp3) is 0.400. The molecule has 0 radical (unpaired) electrons. The molecule has 0 aromatic heterocycles. The Labute approximate surface area is 102 Å². The molecule has 3 rings (SSSR count). The highest BCUT2D eigenvalue weighted by atomic mass is 16.1.